The third-order valence-electron chi connectivity index (χ3n) is 3.60. The highest BCUT2D eigenvalue weighted by Gasteiger charge is 2.28. The largest absolute Gasteiger partial charge is 0.326 e. The van der Waals surface area contributed by atoms with Crippen molar-refractivity contribution in [2.45, 2.75) is 23.0 Å². The predicted octanol–water partition coefficient (Wildman–Crippen LogP) is 3.19. The Bertz CT molecular complexity index is 812. The second kappa shape index (κ2) is 7.20. The van der Waals surface area contributed by atoms with Crippen LogP contribution in [0.1, 0.15) is 12.0 Å². The van der Waals surface area contributed by atoms with Gasteiger partial charge in [0, 0.05) is 17.0 Å². The van der Waals surface area contributed by atoms with E-state index in [4.69, 9.17) is 5.26 Å². The number of nitrogens with one attached hydrogen (secondary N) is 2. The molecule has 0 bridgehead atoms. The molecule has 0 saturated heterocycles. The van der Waals surface area contributed by atoms with E-state index >= 15 is 0 Å². The second-order valence-electron chi connectivity index (χ2n) is 5.38. The quantitative estimate of drug-likeness (QED) is 0.897. The molecule has 2 aromatic carbocycles. The van der Waals surface area contributed by atoms with Gasteiger partial charge in [0.15, 0.2) is 0 Å². The van der Waals surface area contributed by atoms with E-state index in [-0.39, 0.29) is 18.2 Å². The number of para-hydroxylation sites is 1. The Morgan fingerprint density at radius 1 is 1.21 bits per heavy atom. The first-order valence-electron chi connectivity index (χ1n) is 7.48. The number of fused-ring (bicyclic) bond motifs is 1. The summed E-state index contributed by atoms with van der Waals surface area (Å²) in [5.74, 6) is -0.367. The van der Waals surface area contributed by atoms with Crippen LogP contribution < -0.4 is 10.6 Å². The van der Waals surface area contributed by atoms with Crippen LogP contribution in [0.15, 0.2) is 53.4 Å². The van der Waals surface area contributed by atoms with Crippen LogP contribution in [0, 0.1) is 11.3 Å². The summed E-state index contributed by atoms with van der Waals surface area (Å²) >= 11 is 1.40. The maximum absolute atomic E-state index is 12.2. The number of benzene rings is 2. The number of hydrogen-bond donors (Lipinski definition) is 2. The molecular formula is C18H15N3O2S. The van der Waals surface area contributed by atoms with Gasteiger partial charge in [0.05, 0.1) is 23.4 Å². The number of nitrogens with zero attached hydrogens (tertiary/aromatic N) is 1. The standard InChI is InChI=1S/C18H15N3O2S/c19-10-9-12-5-7-13(8-6-12)20-17(22)11-16-18(23)21-14-3-1-2-4-15(14)24-16/h1-8,16H,9,11H2,(H,20,22)(H,21,23). The second-order valence-corrected chi connectivity index (χ2v) is 6.62. The van der Waals surface area contributed by atoms with Crippen LogP contribution in [-0.4, -0.2) is 17.1 Å². The van der Waals surface area contributed by atoms with Gasteiger partial charge in [-0.1, -0.05) is 24.3 Å². The zero-order valence-corrected chi connectivity index (χ0v) is 13.6. The fourth-order valence-corrected chi connectivity index (χ4v) is 3.52. The molecule has 24 heavy (non-hydrogen) atoms. The van der Waals surface area contributed by atoms with Crippen molar-refractivity contribution in [3.05, 3.63) is 54.1 Å². The molecule has 3 rings (SSSR count). The number of amides is 2. The topological polar surface area (TPSA) is 82.0 Å². The Morgan fingerprint density at radius 3 is 2.71 bits per heavy atom. The van der Waals surface area contributed by atoms with Gasteiger partial charge < -0.3 is 10.6 Å². The predicted molar refractivity (Wildman–Crippen MR) is 93.7 cm³/mol. The summed E-state index contributed by atoms with van der Waals surface area (Å²) in [7, 11) is 0. The van der Waals surface area contributed by atoms with Crippen molar-refractivity contribution in [2.24, 2.45) is 0 Å². The normalized spacial score (nSPS) is 15.8. The SMILES string of the molecule is N#CCc1ccc(NC(=O)CC2Sc3ccccc3NC2=O)cc1. The monoisotopic (exact) mass is 337 g/mol. The molecule has 1 aliphatic rings. The van der Waals surface area contributed by atoms with E-state index in [9.17, 15) is 9.59 Å². The van der Waals surface area contributed by atoms with E-state index in [2.05, 4.69) is 16.7 Å². The first-order valence-corrected chi connectivity index (χ1v) is 8.36. The molecule has 1 heterocycles. The van der Waals surface area contributed by atoms with Gasteiger partial charge in [0.1, 0.15) is 0 Å². The Hall–Kier alpha value is -2.78. The summed E-state index contributed by atoms with van der Waals surface area (Å²) in [5.41, 5.74) is 2.34. The lowest BCUT2D eigenvalue weighted by atomic mass is 10.1. The lowest BCUT2D eigenvalue weighted by molar-refractivity contribution is -0.120. The van der Waals surface area contributed by atoms with Gasteiger partial charge in [-0.3, -0.25) is 9.59 Å². The van der Waals surface area contributed by atoms with E-state index < -0.39 is 5.25 Å². The maximum atomic E-state index is 12.2. The summed E-state index contributed by atoms with van der Waals surface area (Å²) < 4.78 is 0. The van der Waals surface area contributed by atoms with Crippen LogP contribution in [-0.2, 0) is 16.0 Å². The van der Waals surface area contributed by atoms with Crippen molar-refractivity contribution in [3.8, 4) is 6.07 Å². The highest BCUT2D eigenvalue weighted by molar-refractivity contribution is 8.01. The number of thioether (sulfide) groups is 1. The van der Waals surface area contributed by atoms with Gasteiger partial charge >= 0.3 is 0 Å². The summed E-state index contributed by atoms with van der Waals surface area (Å²) in [4.78, 5) is 25.3. The molecule has 1 atom stereocenters. The van der Waals surface area contributed by atoms with Crippen LogP contribution in [0.25, 0.3) is 0 Å². The van der Waals surface area contributed by atoms with Crippen molar-refractivity contribution in [3.63, 3.8) is 0 Å². The summed E-state index contributed by atoms with van der Waals surface area (Å²) in [6.07, 6.45) is 0.442. The first-order chi connectivity index (χ1) is 11.7. The zero-order chi connectivity index (χ0) is 16.9. The van der Waals surface area contributed by atoms with Gasteiger partial charge in [-0.05, 0) is 29.8 Å². The number of carbonyl (C=O) groups excluding carboxylic acids is 2. The maximum Gasteiger partial charge on any atom is 0.238 e. The molecule has 2 N–H and O–H groups in total. The molecule has 0 spiro atoms. The van der Waals surface area contributed by atoms with E-state index in [1.807, 2.05) is 24.3 Å². The molecule has 0 fully saturated rings. The summed E-state index contributed by atoms with van der Waals surface area (Å²) in [5, 5.41) is 13.8. The summed E-state index contributed by atoms with van der Waals surface area (Å²) in [6.45, 7) is 0. The number of nitriles is 1. The number of rotatable bonds is 4. The first kappa shape index (κ1) is 16.1. The Morgan fingerprint density at radius 2 is 1.96 bits per heavy atom. The van der Waals surface area contributed by atoms with Crippen LogP contribution in [0.5, 0.6) is 0 Å². The van der Waals surface area contributed by atoms with Crippen LogP contribution in [0.3, 0.4) is 0 Å². The minimum atomic E-state index is -0.447. The van der Waals surface area contributed by atoms with Gasteiger partial charge in [-0.15, -0.1) is 11.8 Å². The van der Waals surface area contributed by atoms with Gasteiger partial charge in [0.2, 0.25) is 11.8 Å². The van der Waals surface area contributed by atoms with Crippen LogP contribution >= 0.6 is 11.8 Å². The Balaban J connectivity index is 1.61. The third-order valence-corrected chi connectivity index (χ3v) is 4.87. The Labute approximate surface area is 144 Å². The molecule has 1 unspecified atom stereocenters. The minimum absolute atomic E-state index is 0.102. The fraction of sp³-hybridized carbons (Fsp3) is 0.167. The number of anilines is 2. The molecule has 2 aromatic rings. The van der Waals surface area contributed by atoms with Gasteiger partial charge in [-0.2, -0.15) is 5.26 Å². The van der Waals surface area contributed by atoms with E-state index in [0.717, 1.165) is 16.1 Å². The lowest BCUT2D eigenvalue weighted by Crippen LogP contribution is -2.32. The molecule has 120 valence electrons. The molecule has 0 aromatic heterocycles. The van der Waals surface area contributed by atoms with Crippen molar-refractivity contribution in [1.29, 1.82) is 5.26 Å². The lowest BCUT2D eigenvalue weighted by Gasteiger charge is -2.23. The third kappa shape index (κ3) is 3.76. The van der Waals surface area contributed by atoms with E-state index in [1.165, 1.54) is 11.8 Å². The molecule has 2 amide bonds. The van der Waals surface area contributed by atoms with Gasteiger partial charge in [0.25, 0.3) is 0 Å². The summed E-state index contributed by atoms with van der Waals surface area (Å²) in [6, 6.07) is 16.7. The molecule has 1 aliphatic heterocycles. The highest BCUT2D eigenvalue weighted by atomic mass is 32.2. The fourth-order valence-electron chi connectivity index (χ4n) is 2.40. The van der Waals surface area contributed by atoms with E-state index in [0.29, 0.717) is 12.1 Å². The van der Waals surface area contributed by atoms with E-state index in [1.54, 1.807) is 24.3 Å². The van der Waals surface area contributed by atoms with Crippen molar-refractivity contribution in [1.82, 2.24) is 0 Å². The van der Waals surface area contributed by atoms with Crippen molar-refractivity contribution < 1.29 is 9.59 Å². The average Bonchev–Trinajstić information content (AvgIpc) is 2.57. The molecule has 0 aliphatic carbocycles. The molecule has 0 radical (unpaired) electrons. The Kier molecular flexibility index (Phi) is 4.82. The molecular weight excluding hydrogens is 322 g/mol. The molecule has 0 saturated carbocycles. The van der Waals surface area contributed by atoms with Crippen LogP contribution in [0.4, 0.5) is 11.4 Å². The zero-order valence-electron chi connectivity index (χ0n) is 12.8. The van der Waals surface area contributed by atoms with Crippen molar-refractivity contribution in [2.75, 3.05) is 10.6 Å². The molecule has 5 nitrogen and oxygen atoms in total. The average molecular weight is 337 g/mol. The number of carbonyl (C=O) groups is 2. The van der Waals surface area contributed by atoms with Gasteiger partial charge in [-0.25, -0.2) is 0 Å². The minimum Gasteiger partial charge on any atom is -0.326 e. The van der Waals surface area contributed by atoms with Crippen LogP contribution in [0.2, 0.25) is 0 Å². The molecule has 6 heteroatoms. The van der Waals surface area contributed by atoms with Crippen molar-refractivity contribution >= 4 is 35.0 Å². The number of hydrogen-bond acceptors (Lipinski definition) is 4. The smallest absolute Gasteiger partial charge is 0.238 e. The highest BCUT2D eigenvalue weighted by Crippen LogP contribution is 2.36.